The number of aromatic amines is 1. The highest BCUT2D eigenvalue weighted by Crippen LogP contribution is 2.26. The molecule has 9 nitrogen and oxygen atoms in total. The van der Waals surface area contributed by atoms with Gasteiger partial charge in [-0.2, -0.15) is 0 Å². The van der Waals surface area contributed by atoms with Crippen LogP contribution in [-0.4, -0.2) is 56.6 Å². The third kappa shape index (κ3) is 4.07. The minimum absolute atomic E-state index is 0.148. The van der Waals surface area contributed by atoms with Crippen molar-refractivity contribution < 1.29 is 14.7 Å². The van der Waals surface area contributed by atoms with E-state index < -0.39 is 0 Å². The summed E-state index contributed by atoms with van der Waals surface area (Å²) >= 11 is 0. The Morgan fingerprint density at radius 3 is 2.74 bits per heavy atom. The maximum atomic E-state index is 13.2. The van der Waals surface area contributed by atoms with Gasteiger partial charge in [-0.15, -0.1) is 5.10 Å². The van der Waals surface area contributed by atoms with Gasteiger partial charge in [0.15, 0.2) is 6.04 Å². The second-order valence-corrected chi connectivity index (χ2v) is 8.94. The molecule has 166 valence electrons. The molecule has 0 radical (unpaired) electrons. The number of rotatable bonds is 6. The molecule has 3 heterocycles. The van der Waals surface area contributed by atoms with E-state index in [0.717, 1.165) is 36.2 Å². The van der Waals surface area contributed by atoms with Gasteiger partial charge in [-0.05, 0) is 55.0 Å². The number of benzene rings is 1. The van der Waals surface area contributed by atoms with Gasteiger partial charge < -0.3 is 19.7 Å². The van der Waals surface area contributed by atoms with E-state index >= 15 is 0 Å². The van der Waals surface area contributed by atoms with Gasteiger partial charge in [0.1, 0.15) is 5.75 Å². The fraction of sp³-hybridized carbons (Fsp3) is 0.545. The number of pyridine rings is 1. The first kappa shape index (κ1) is 21.5. The van der Waals surface area contributed by atoms with Gasteiger partial charge in [0.2, 0.25) is 5.82 Å². The Morgan fingerprint density at radius 2 is 2.06 bits per heavy atom. The van der Waals surface area contributed by atoms with Crippen LogP contribution < -0.4 is 15.2 Å². The van der Waals surface area contributed by atoms with E-state index in [1.54, 1.807) is 7.11 Å². The summed E-state index contributed by atoms with van der Waals surface area (Å²) in [4.78, 5) is 17.4. The van der Waals surface area contributed by atoms with Gasteiger partial charge in [0, 0.05) is 23.7 Å². The molecule has 9 heteroatoms. The predicted molar refractivity (Wildman–Crippen MR) is 116 cm³/mol. The van der Waals surface area contributed by atoms with E-state index in [2.05, 4.69) is 41.3 Å². The second-order valence-electron chi connectivity index (χ2n) is 8.94. The van der Waals surface area contributed by atoms with Gasteiger partial charge in [0.05, 0.1) is 37.4 Å². The molecule has 1 saturated heterocycles. The van der Waals surface area contributed by atoms with Crippen molar-refractivity contribution in [3.8, 4) is 5.75 Å². The van der Waals surface area contributed by atoms with Crippen molar-refractivity contribution in [2.24, 2.45) is 0 Å². The Balaban J connectivity index is 1.89. The van der Waals surface area contributed by atoms with Crippen molar-refractivity contribution in [3.63, 3.8) is 0 Å². The number of fused-ring (bicyclic) bond motifs is 1. The number of piperidine rings is 1. The minimum Gasteiger partial charge on any atom is -0.497 e. The fourth-order valence-electron chi connectivity index (χ4n) is 4.30. The highest BCUT2D eigenvalue weighted by molar-refractivity contribution is 5.80. The number of hydrogen-bond acceptors (Lipinski definition) is 6. The maximum absolute atomic E-state index is 13.2. The molecule has 3 N–H and O–H groups in total. The molecule has 2 aromatic heterocycles. The van der Waals surface area contributed by atoms with Crippen LogP contribution in [-0.2, 0) is 5.54 Å². The lowest BCUT2D eigenvalue weighted by Gasteiger charge is -2.34. The standard InChI is InChI=1S/C22H30N6O3/c1-5-22(2,3)28-20(24-25-26-28)19(27-10-8-15(29)9-11-27)17-13-14-12-16(31-4)6-7-18(14)23-21(17)30/h6-7,12-13,15,19,29H,5,8-11H2,1-4H3,(H,23,30)/p+1/t19-/m1/s1. The van der Waals surface area contributed by atoms with Crippen molar-refractivity contribution in [3.05, 3.63) is 46.0 Å². The molecule has 1 aromatic carbocycles. The molecule has 1 aliphatic rings. The van der Waals surface area contributed by atoms with E-state index in [-0.39, 0.29) is 23.2 Å². The van der Waals surface area contributed by atoms with E-state index in [1.165, 1.54) is 4.90 Å². The summed E-state index contributed by atoms with van der Waals surface area (Å²) in [6.07, 6.45) is 1.91. The molecule has 1 fully saturated rings. The summed E-state index contributed by atoms with van der Waals surface area (Å²) in [5.41, 5.74) is 0.935. The van der Waals surface area contributed by atoms with Crippen LogP contribution in [0.4, 0.5) is 0 Å². The number of H-pyrrole nitrogens is 1. The van der Waals surface area contributed by atoms with Crippen molar-refractivity contribution in [2.45, 2.75) is 57.7 Å². The number of ether oxygens (including phenoxy) is 1. The molecule has 3 aromatic rings. The Bertz CT molecular complexity index is 1110. The first-order valence-corrected chi connectivity index (χ1v) is 10.9. The summed E-state index contributed by atoms with van der Waals surface area (Å²) in [6, 6.07) is 7.18. The van der Waals surface area contributed by atoms with Crippen LogP contribution in [0.15, 0.2) is 29.1 Å². The third-order valence-corrected chi connectivity index (χ3v) is 6.59. The van der Waals surface area contributed by atoms with Crippen LogP contribution in [0.2, 0.25) is 0 Å². The quantitative estimate of drug-likeness (QED) is 0.537. The lowest BCUT2D eigenvalue weighted by molar-refractivity contribution is -0.932. The molecule has 0 bridgehead atoms. The summed E-state index contributed by atoms with van der Waals surface area (Å²) in [7, 11) is 1.63. The van der Waals surface area contributed by atoms with E-state index in [0.29, 0.717) is 24.2 Å². The zero-order chi connectivity index (χ0) is 22.2. The van der Waals surface area contributed by atoms with Crippen LogP contribution in [0.25, 0.3) is 10.9 Å². The number of aliphatic hydroxyl groups is 1. The largest absolute Gasteiger partial charge is 0.497 e. The van der Waals surface area contributed by atoms with E-state index in [9.17, 15) is 9.90 Å². The number of likely N-dealkylation sites (tertiary alicyclic amines) is 1. The lowest BCUT2D eigenvalue weighted by atomic mass is 9.97. The molecule has 0 aliphatic carbocycles. The first-order valence-electron chi connectivity index (χ1n) is 10.9. The van der Waals surface area contributed by atoms with Crippen LogP contribution >= 0.6 is 0 Å². The van der Waals surface area contributed by atoms with Gasteiger partial charge in [0.25, 0.3) is 5.56 Å². The number of nitrogens with one attached hydrogen (secondary N) is 2. The Hall–Kier alpha value is -2.78. The molecule has 4 rings (SSSR count). The van der Waals surface area contributed by atoms with Gasteiger partial charge in [-0.3, -0.25) is 4.79 Å². The molecule has 31 heavy (non-hydrogen) atoms. The number of tetrazole rings is 1. The lowest BCUT2D eigenvalue weighted by Crippen LogP contribution is -3.14. The van der Waals surface area contributed by atoms with Crippen molar-refractivity contribution in [1.82, 2.24) is 25.2 Å². The average molecular weight is 428 g/mol. The molecular formula is C22H31N6O3+. The highest BCUT2D eigenvalue weighted by atomic mass is 16.5. The summed E-state index contributed by atoms with van der Waals surface area (Å²) in [5, 5.41) is 23.6. The SMILES string of the molecule is CCC(C)(C)n1nnnc1[C@@H](c1cc2cc(OC)ccc2[nH]c1=O)[NH+]1CCC(O)CC1. The minimum atomic E-state index is -0.340. The number of quaternary nitrogens is 1. The normalized spacial score (nSPS) is 20.7. The Labute approximate surface area is 181 Å². The van der Waals surface area contributed by atoms with Crippen molar-refractivity contribution in [1.29, 1.82) is 0 Å². The van der Waals surface area contributed by atoms with E-state index in [1.807, 2.05) is 28.9 Å². The second kappa shape index (κ2) is 8.39. The third-order valence-electron chi connectivity index (χ3n) is 6.59. The Kier molecular flexibility index (Phi) is 5.81. The smallest absolute Gasteiger partial charge is 0.258 e. The zero-order valence-electron chi connectivity index (χ0n) is 18.6. The number of methoxy groups -OCH3 is 1. The van der Waals surface area contributed by atoms with Crippen LogP contribution in [0.1, 0.15) is 57.5 Å². The summed E-state index contributed by atoms with van der Waals surface area (Å²) in [5.74, 6) is 1.40. The van der Waals surface area contributed by atoms with Crippen molar-refractivity contribution >= 4 is 10.9 Å². The molecule has 0 amide bonds. The van der Waals surface area contributed by atoms with E-state index in [4.69, 9.17) is 4.74 Å². The van der Waals surface area contributed by atoms with Crippen LogP contribution in [0.5, 0.6) is 5.75 Å². The monoisotopic (exact) mass is 427 g/mol. The number of nitrogens with zero attached hydrogens (tertiary/aromatic N) is 4. The number of aliphatic hydroxyl groups excluding tert-OH is 1. The van der Waals surface area contributed by atoms with Gasteiger partial charge >= 0.3 is 0 Å². The molecule has 0 spiro atoms. The number of aromatic nitrogens is 5. The van der Waals surface area contributed by atoms with Crippen LogP contribution in [0.3, 0.4) is 0 Å². The molecule has 1 atom stereocenters. The fourth-order valence-corrected chi connectivity index (χ4v) is 4.30. The summed E-state index contributed by atoms with van der Waals surface area (Å²) < 4.78 is 7.22. The highest BCUT2D eigenvalue weighted by Gasteiger charge is 2.38. The van der Waals surface area contributed by atoms with Gasteiger partial charge in [-0.25, -0.2) is 4.68 Å². The van der Waals surface area contributed by atoms with Crippen LogP contribution in [0, 0.1) is 0 Å². The molecular weight excluding hydrogens is 396 g/mol. The molecule has 0 unspecified atom stereocenters. The zero-order valence-corrected chi connectivity index (χ0v) is 18.6. The Morgan fingerprint density at radius 1 is 1.32 bits per heavy atom. The predicted octanol–water partition coefficient (Wildman–Crippen LogP) is 0.797. The molecule has 0 saturated carbocycles. The summed E-state index contributed by atoms with van der Waals surface area (Å²) in [6.45, 7) is 7.75. The number of hydrogen-bond donors (Lipinski definition) is 3. The first-order chi connectivity index (χ1) is 14.8. The topological polar surface area (TPSA) is 110 Å². The molecule has 1 aliphatic heterocycles. The average Bonchev–Trinajstić information content (AvgIpc) is 3.25. The van der Waals surface area contributed by atoms with Gasteiger partial charge in [-0.1, -0.05) is 6.92 Å². The van der Waals surface area contributed by atoms with Crippen molar-refractivity contribution in [2.75, 3.05) is 20.2 Å². The maximum Gasteiger partial charge on any atom is 0.258 e.